The first-order valence-electron chi connectivity index (χ1n) is 8.67. The largest absolute Gasteiger partial charge is 0.323 e. The zero-order valence-corrected chi connectivity index (χ0v) is 17.4. The molecule has 3 aromatic rings. The van der Waals surface area contributed by atoms with Gasteiger partial charge < -0.3 is 10.6 Å². The van der Waals surface area contributed by atoms with Gasteiger partial charge in [-0.05, 0) is 61.0 Å². The fourth-order valence-corrected chi connectivity index (χ4v) is 4.06. The van der Waals surface area contributed by atoms with Crippen LogP contribution in [0.15, 0.2) is 59.5 Å². The van der Waals surface area contributed by atoms with Crippen LogP contribution in [0.25, 0.3) is 0 Å². The van der Waals surface area contributed by atoms with Crippen molar-refractivity contribution in [2.24, 2.45) is 0 Å². The van der Waals surface area contributed by atoms with Gasteiger partial charge in [0.25, 0.3) is 10.0 Å². The maximum atomic E-state index is 13.7. The van der Waals surface area contributed by atoms with Crippen LogP contribution in [0.3, 0.4) is 0 Å². The third-order valence-corrected chi connectivity index (χ3v) is 5.89. The predicted octanol–water partition coefficient (Wildman–Crippen LogP) is 5.51. The second kappa shape index (κ2) is 8.86. The highest BCUT2D eigenvalue weighted by atomic mass is 35.5. The average molecular weight is 470 g/mol. The monoisotopic (exact) mass is 469 g/mol. The zero-order chi connectivity index (χ0) is 22.8. The van der Waals surface area contributed by atoms with Crippen molar-refractivity contribution in [1.29, 1.82) is 0 Å². The van der Waals surface area contributed by atoms with Gasteiger partial charge in [0.15, 0.2) is 17.5 Å². The first kappa shape index (κ1) is 22.4. The number of amides is 2. The van der Waals surface area contributed by atoms with Crippen molar-refractivity contribution < 1.29 is 26.4 Å². The van der Waals surface area contributed by atoms with Gasteiger partial charge >= 0.3 is 6.03 Å². The lowest BCUT2D eigenvalue weighted by molar-refractivity contribution is 0.262. The van der Waals surface area contributed by atoms with E-state index in [-0.39, 0.29) is 16.3 Å². The molecule has 0 aliphatic rings. The molecule has 6 nitrogen and oxygen atoms in total. The molecule has 0 unspecified atom stereocenters. The molecule has 0 radical (unpaired) electrons. The number of carbonyl (C=O) groups excluding carboxylic acids is 1. The van der Waals surface area contributed by atoms with E-state index in [0.29, 0.717) is 16.7 Å². The Morgan fingerprint density at radius 1 is 0.871 bits per heavy atom. The Morgan fingerprint density at radius 3 is 2.19 bits per heavy atom. The number of hydrogen-bond acceptors (Lipinski definition) is 3. The van der Waals surface area contributed by atoms with E-state index in [2.05, 4.69) is 10.0 Å². The number of carbonyl (C=O) groups is 1. The predicted molar refractivity (Wildman–Crippen MR) is 112 cm³/mol. The number of anilines is 3. The molecule has 0 heterocycles. The van der Waals surface area contributed by atoms with Gasteiger partial charge in [0.1, 0.15) is 0 Å². The molecule has 0 atom stereocenters. The SMILES string of the molecule is Cc1ccc(NC(=O)Nc2ccc(F)c(F)c2F)cc1S(=O)(=O)Nc1ccc(Cl)cc1. The van der Waals surface area contributed by atoms with Gasteiger partial charge in [-0.1, -0.05) is 17.7 Å². The minimum atomic E-state index is -4.01. The Hall–Kier alpha value is -3.24. The van der Waals surface area contributed by atoms with Crippen molar-refractivity contribution in [1.82, 2.24) is 0 Å². The third-order valence-electron chi connectivity index (χ3n) is 4.12. The van der Waals surface area contributed by atoms with Crippen molar-refractivity contribution in [3.8, 4) is 0 Å². The van der Waals surface area contributed by atoms with Gasteiger partial charge in [-0.15, -0.1) is 0 Å². The molecule has 31 heavy (non-hydrogen) atoms. The van der Waals surface area contributed by atoms with Crippen LogP contribution in [0.2, 0.25) is 5.02 Å². The Balaban J connectivity index is 1.79. The van der Waals surface area contributed by atoms with E-state index in [1.54, 1.807) is 6.92 Å². The zero-order valence-electron chi connectivity index (χ0n) is 15.8. The molecule has 0 aromatic heterocycles. The first-order valence-corrected chi connectivity index (χ1v) is 10.5. The molecule has 3 N–H and O–H groups in total. The summed E-state index contributed by atoms with van der Waals surface area (Å²) >= 11 is 5.79. The van der Waals surface area contributed by atoms with E-state index in [1.165, 1.54) is 42.5 Å². The van der Waals surface area contributed by atoms with Gasteiger partial charge in [0.05, 0.1) is 10.6 Å². The number of rotatable bonds is 5. The van der Waals surface area contributed by atoms with Crippen LogP contribution in [0, 0.1) is 24.4 Å². The molecule has 0 aliphatic heterocycles. The molecule has 11 heteroatoms. The van der Waals surface area contributed by atoms with E-state index in [0.717, 1.165) is 6.07 Å². The lowest BCUT2D eigenvalue weighted by atomic mass is 10.2. The van der Waals surface area contributed by atoms with E-state index in [9.17, 15) is 26.4 Å². The lowest BCUT2D eigenvalue weighted by Gasteiger charge is -2.13. The Labute approximate surface area is 181 Å². The summed E-state index contributed by atoms with van der Waals surface area (Å²) in [6, 6.07) is 10.6. The van der Waals surface area contributed by atoms with Gasteiger partial charge in [-0.25, -0.2) is 26.4 Å². The summed E-state index contributed by atoms with van der Waals surface area (Å²) in [5.41, 5.74) is 0.177. The highest BCUT2D eigenvalue weighted by molar-refractivity contribution is 7.92. The summed E-state index contributed by atoms with van der Waals surface area (Å²) in [4.78, 5) is 12.0. The normalized spacial score (nSPS) is 11.1. The molecule has 3 rings (SSSR count). The van der Waals surface area contributed by atoms with Crippen LogP contribution in [-0.2, 0) is 10.0 Å². The smallest absolute Gasteiger partial charge is 0.308 e. The third kappa shape index (κ3) is 5.28. The maximum Gasteiger partial charge on any atom is 0.323 e. The van der Waals surface area contributed by atoms with Crippen molar-refractivity contribution in [2.45, 2.75) is 11.8 Å². The summed E-state index contributed by atoms with van der Waals surface area (Å²) in [6.45, 7) is 1.57. The summed E-state index contributed by atoms with van der Waals surface area (Å²) in [5.74, 6) is -4.69. The van der Waals surface area contributed by atoms with Crippen LogP contribution in [-0.4, -0.2) is 14.4 Å². The Kier molecular flexibility index (Phi) is 6.42. The fourth-order valence-electron chi connectivity index (χ4n) is 2.60. The summed E-state index contributed by atoms with van der Waals surface area (Å²) in [6.07, 6.45) is 0. The molecule has 0 saturated carbocycles. The molecule has 2 amide bonds. The standard InChI is InChI=1S/C20H15ClF3N3O3S/c1-11-2-5-14(25-20(28)26-16-9-8-15(22)18(23)19(16)24)10-17(11)31(29,30)27-13-6-3-12(21)4-7-13/h2-10,27H,1H3,(H2,25,26,28). The minimum absolute atomic E-state index is 0.0718. The quantitative estimate of drug-likeness (QED) is 0.430. The van der Waals surface area contributed by atoms with Crippen LogP contribution >= 0.6 is 11.6 Å². The molecule has 0 aliphatic carbocycles. The van der Waals surface area contributed by atoms with E-state index in [1.807, 2.05) is 5.32 Å². The fraction of sp³-hybridized carbons (Fsp3) is 0.0500. The molecule has 0 fully saturated rings. The number of urea groups is 1. The second-order valence-corrected chi connectivity index (χ2v) is 8.48. The van der Waals surface area contributed by atoms with Crippen molar-refractivity contribution in [2.75, 3.05) is 15.4 Å². The summed E-state index contributed by atoms with van der Waals surface area (Å²) in [5, 5.41) is 4.79. The van der Waals surface area contributed by atoms with Crippen LogP contribution < -0.4 is 15.4 Å². The Bertz CT molecular complexity index is 1250. The average Bonchev–Trinajstić information content (AvgIpc) is 2.71. The minimum Gasteiger partial charge on any atom is -0.308 e. The van der Waals surface area contributed by atoms with Crippen LogP contribution in [0.4, 0.5) is 35.0 Å². The number of nitrogens with one attached hydrogen (secondary N) is 3. The van der Waals surface area contributed by atoms with Crippen LogP contribution in [0.5, 0.6) is 0 Å². The molecule has 162 valence electrons. The van der Waals surface area contributed by atoms with Crippen molar-refractivity contribution in [3.63, 3.8) is 0 Å². The number of aryl methyl sites for hydroxylation is 1. The molecule has 0 spiro atoms. The van der Waals surface area contributed by atoms with Crippen molar-refractivity contribution >= 4 is 44.7 Å². The van der Waals surface area contributed by atoms with Gasteiger partial charge in [0, 0.05) is 16.4 Å². The highest BCUT2D eigenvalue weighted by Gasteiger charge is 2.19. The summed E-state index contributed by atoms with van der Waals surface area (Å²) in [7, 11) is -4.01. The summed E-state index contributed by atoms with van der Waals surface area (Å²) < 4.78 is 67.9. The first-order chi connectivity index (χ1) is 14.6. The molecule has 0 saturated heterocycles. The second-order valence-electron chi connectivity index (χ2n) is 6.39. The van der Waals surface area contributed by atoms with Gasteiger partial charge in [-0.2, -0.15) is 0 Å². The van der Waals surface area contributed by atoms with E-state index in [4.69, 9.17) is 11.6 Å². The van der Waals surface area contributed by atoms with Crippen LogP contribution in [0.1, 0.15) is 5.56 Å². The lowest BCUT2D eigenvalue weighted by Crippen LogP contribution is -2.21. The van der Waals surface area contributed by atoms with Crippen molar-refractivity contribution in [3.05, 3.63) is 82.6 Å². The number of benzene rings is 3. The number of hydrogen-bond donors (Lipinski definition) is 3. The topological polar surface area (TPSA) is 87.3 Å². The van der Waals surface area contributed by atoms with Gasteiger partial charge in [-0.3, -0.25) is 4.72 Å². The number of sulfonamides is 1. The molecule has 3 aromatic carbocycles. The number of halogens is 4. The van der Waals surface area contributed by atoms with Gasteiger partial charge in [0.2, 0.25) is 0 Å². The molecule has 0 bridgehead atoms. The van der Waals surface area contributed by atoms with E-state index >= 15 is 0 Å². The van der Waals surface area contributed by atoms with E-state index < -0.39 is 39.2 Å². The maximum absolute atomic E-state index is 13.7. The Morgan fingerprint density at radius 2 is 1.52 bits per heavy atom. The highest BCUT2D eigenvalue weighted by Crippen LogP contribution is 2.24. The molecular formula is C20H15ClF3N3O3S. The molecular weight excluding hydrogens is 455 g/mol.